The van der Waals surface area contributed by atoms with Gasteiger partial charge in [-0.25, -0.2) is 4.98 Å². The minimum Gasteiger partial charge on any atom is -0.456 e. The number of allylic oxidation sites excluding steroid dienone is 2. The number of rotatable bonds is 3. The molecule has 0 atom stereocenters. The molecule has 9 aromatic rings. The van der Waals surface area contributed by atoms with Gasteiger partial charge in [0.1, 0.15) is 17.0 Å². The van der Waals surface area contributed by atoms with E-state index in [0.717, 1.165) is 38.8 Å². The standard InChI is InChI=1S/C39H22N2O.C4H6/c1-2-12-30-26(9-1)29-13-7-8-25-22-40-39(38(30)37(25)29)41-33-14-5-3-10-27(33)31-20-23(16-18-34(31)41)24-17-19-36-32(21-24)28-11-4-6-15-35(28)42-36;1-3-4-2/h1-22H;3-4H,1-2H2. The Hall–Kier alpha value is -6.19. The first kappa shape index (κ1) is 26.2. The fourth-order valence-electron chi connectivity index (χ4n) is 7.14. The van der Waals surface area contributed by atoms with Crippen LogP contribution in [0.4, 0.5) is 0 Å². The van der Waals surface area contributed by atoms with E-state index in [2.05, 4.69) is 133 Å². The average Bonchev–Trinajstić information content (AvgIpc) is 3.77. The van der Waals surface area contributed by atoms with E-state index >= 15 is 0 Å². The van der Waals surface area contributed by atoms with Crippen molar-refractivity contribution in [3.05, 3.63) is 159 Å². The number of fused-ring (bicyclic) bond motifs is 9. The number of furan rings is 1. The first-order chi connectivity index (χ1) is 22.7. The lowest BCUT2D eigenvalue weighted by Crippen LogP contribution is -2.00. The van der Waals surface area contributed by atoms with Crippen LogP contribution in [0.3, 0.4) is 0 Å². The normalized spacial score (nSPS) is 11.7. The van der Waals surface area contributed by atoms with Crippen molar-refractivity contribution in [1.29, 1.82) is 0 Å². The third-order valence-electron chi connectivity index (χ3n) is 9.14. The highest BCUT2D eigenvalue weighted by Crippen LogP contribution is 2.50. The number of para-hydroxylation sites is 2. The summed E-state index contributed by atoms with van der Waals surface area (Å²) < 4.78 is 8.45. The molecule has 0 saturated heterocycles. The Morgan fingerprint density at radius 2 is 1.20 bits per heavy atom. The highest BCUT2D eigenvalue weighted by molar-refractivity contribution is 6.18. The van der Waals surface area contributed by atoms with Crippen LogP contribution in [-0.4, -0.2) is 9.55 Å². The van der Waals surface area contributed by atoms with Crippen molar-refractivity contribution >= 4 is 54.5 Å². The van der Waals surface area contributed by atoms with Crippen LogP contribution in [0.15, 0.2) is 163 Å². The van der Waals surface area contributed by atoms with E-state index in [9.17, 15) is 0 Å². The van der Waals surface area contributed by atoms with Gasteiger partial charge in [-0.05, 0) is 64.2 Å². The molecule has 0 bridgehead atoms. The molecule has 3 nitrogen and oxygen atoms in total. The molecule has 0 saturated carbocycles. The number of benzene rings is 6. The molecule has 216 valence electrons. The van der Waals surface area contributed by atoms with Gasteiger partial charge in [0.05, 0.1) is 11.0 Å². The fourth-order valence-corrected chi connectivity index (χ4v) is 7.14. The number of aromatic nitrogens is 2. The molecule has 0 radical (unpaired) electrons. The molecular formula is C43H28N2O. The summed E-state index contributed by atoms with van der Waals surface area (Å²) in [5.41, 5.74) is 11.5. The lowest BCUT2D eigenvalue weighted by atomic mass is 10.0. The van der Waals surface area contributed by atoms with E-state index in [1.165, 1.54) is 54.9 Å². The van der Waals surface area contributed by atoms with Crippen molar-refractivity contribution in [3.63, 3.8) is 0 Å². The summed E-state index contributed by atoms with van der Waals surface area (Å²) in [6.07, 6.45) is 5.31. The fraction of sp³-hybridized carbons (Fsp3) is 0. The molecule has 10 rings (SSSR count). The van der Waals surface area contributed by atoms with Crippen LogP contribution in [0.25, 0.3) is 93.7 Å². The number of nitrogens with zero attached hydrogens (tertiary/aromatic N) is 2. The van der Waals surface area contributed by atoms with Crippen molar-refractivity contribution in [1.82, 2.24) is 9.55 Å². The summed E-state index contributed by atoms with van der Waals surface area (Å²) >= 11 is 0. The number of pyridine rings is 1. The van der Waals surface area contributed by atoms with Crippen molar-refractivity contribution < 1.29 is 4.42 Å². The van der Waals surface area contributed by atoms with E-state index in [1.54, 1.807) is 12.2 Å². The van der Waals surface area contributed by atoms with Gasteiger partial charge in [-0.2, -0.15) is 0 Å². The molecule has 1 aliphatic rings. The first-order valence-electron chi connectivity index (χ1n) is 15.5. The van der Waals surface area contributed by atoms with Crippen LogP contribution in [0, 0.1) is 0 Å². The van der Waals surface area contributed by atoms with E-state index < -0.39 is 0 Å². The van der Waals surface area contributed by atoms with Gasteiger partial charge in [0.2, 0.25) is 0 Å². The molecule has 0 unspecified atom stereocenters. The predicted octanol–water partition coefficient (Wildman–Crippen LogP) is 11.9. The van der Waals surface area contributed by atoms with Crippen LogP contribution in [0.5, 0.6) is 0 Å². The van der Waals surface area contributed by atoms with Crippen molar-refractivity contribution in [3.8, 4) is 39.2 Å². The Kier molecular flexibility index (Phi) is 5.81. The van der Waals surface area contributed by atoms with Crippen LogP contribution in [-0.2, 0) is 0 Å². The molecular weight excluding hydrogens is 560 g/mol. The topological polar surface area (TPSA) is 31.0 Å². The summed E-state index contributed by atoms with van der Waals surface area (Å²) in [6, 6.07) is 45.5. The minimum absolute atomic E-state index is 0.915. The number of hydrogen-bond donors (Lipinski definition) is 0. The predicted molar refractivity (Wildman–Crippen MR) is 194 cm³/mol. The van der Waals surface area contributed by atoms with Gasteiger partial charge in [0, 0.05) is 44.1 Å². The number of hydrogen-bond acceptors (Lipinski definition) is 2. The second kappa shape index (κ2) is 10.2. The molecule has 3 heterocycles. The summed E-state index contributed by atoms with van der Waals surface area (Å²) in [5, 5.41) is 7.18. The first-order valence-corrected chi connectivity index (χ1v) is 15.5. The Labute approximate surface area is 266 Å². The zero-order valence-corrected chi connectivity index (χ0v) is 25.1. The summed E-state index contributed by atoms with van der Waals surface area (Å²) in [7, 11) is 0. The molecule has 0 spiro atoms. The van der Waals surface area contributed by atoms with E-state index in [4.69, 9.17) is 9.40 Å². The Balaban J connectivity index is 0.000000692. The summed E-state index contributed by atoms with van der Waals surface area (Å²) in [6.45, 7) is 6.72. The van der Waals surface area contributed by atoms with Crippen LogP contribution < -0.4 is 0 Å². The smallest absolute Gasteiger partial charge is 0.146 e. The van der Waals surface area contributed by atoms with Gasteiger partial charge in [-0.15, -0.1) is 0 Å². The zero-order chi connectivity index (χ0) is 30.8. The van der Waals surface area contributed by atoms with Gasteiger partial charge in [-0.3, -0.25) is 4.57 Å². The largest absolute Gasteiger partial charge is 0.456 e. The second-order valence-electron chi connectivity index (χ2n) is 11.6. The minimum atomic E-state index is 0.915. The monoisotopic (exact) mass is 588 g/mol. The van der Waals surface area contributed by atoms with Gasteiger partial charge in [-0.1, -0.05) is 116 Å². The quantitative estimate of drug-likeness (QED) is 0.192. The summed E-state index contributed by atoms with van der Waals surface area (Å²) in [4.78, 5) is 5.14. The third kappa shape index (κ3) is 3.75. The average molecular weight is 589 g/mol. The van der Waals surface area contributed by atoms with E-state index in [-0.39, 0.29) is 0 Å². The molecule has 1 aliphatic carbocycles. The third-order valence-corrected chi connectivity index (χ3v) is 9.14. The Morgan fingerprint density at radius 1 is 0.543 bits per heavy atom. The van der Waals surface area contributed by atoms with Gasteiger partial charge in [0.25, 0.3) is 0 Å². The SMILES string of the molecule is C=CC=C.c1ccc2c(c1)-c1cccc3cnc(-n4c5ccccc5c5cc(-c6ccc7oc8ccccc8c7c6)ccc54)c-2c13. The van der Waals surface area contributed by atoms with Gasteiger partial charge in [0.15, 0.2) is 0 Å². The molecule has 0 aliphatic heterocycles. The maximum atomic E-state index is 6.09. The van der Waals surface area contributed by atoms with Crippen molar-refractivity contribution in [2.75, 3.05) is 0 Å². The van der Waals surface area contributed by atoms with E-state index in [1.807, 2.05) is 18.3 Å². The Bertz CT molecular complexity index is 2680. The maximum Gasteiger partial charge on any atom is 0.146 e. The van der Waals surface area contributed by atoms with Crippen LogP contribution in [0.2, 0.25) is 0 Å². The summed E-state index contributed by atoms with van der Waals surface area (Å²) in [5.74, 6) is 0.977. The molecule has 6 aromatic carbocycles. The zero-order valence-electron chi connectivity index (χ0n) is 25.1. The Morgan fingerprint density at radius 3 is 2.04 bits per heavy atom. The molecule has 0 fully saturated rings. The maximum absolute atomic E-state index is 6.09. The molecule has 3 aromatic heterocycles. The lowest BCUT2D eigenvalue weighted by molar-refractivity contribution is 0.669. The van der Waals surface area contributed by atoms with Crippen molar-refractivity contribution in [2.24, 2.45) is 0 Å². The van der Waals surface area contributed by atoms with Gasteiger partial charge >= 0.3 is 0 Å². The molecule has 0 N–H and O–H groups in total. The lowest BCUT2D eigenvalue weighted by Gasteiger charge is -2.13. The van der Waals surface area contributed by atoms with E-state index in [0.29, 0.717) is 0 Å². The molecule has 3 heteroatoms. The van der Waals surface area contributed by atoms with Gasteiger partial charge < -0.3 is 4.42 Å². The highest BCUT2D eigenvalue weighted by Gasteiger charge is 2.27. The van der Waals surface area contributed by atoms with Crippen LogP contribution in [0.1, 0.15) is 0 Å². The van der Waals surface area contributed by atoms with Crippen LogP contribution >= 0.6 is 0 Å². The molecule has 0 amide bonds. The second-order valence-corrected chi connectivity index (χ2v) is 11.6. The molecule has 46 heavy (non-hydrogen) atoms. The van der Waals surface area contributed by atoms with Crippen molar-refractivity contribution in [2.45, 2.75) is 0 Å². The highest BCUT2D eigenvalue weighted by atomic mass is 16.3.